The van der Waals surface area contributed by atoms with E-state index in [1.807, 2.05) is 0 Å². The van der Waals surface area contributed by atoms with Crippen molar-refractivity contribution in [3.8, 4) is 0 Å². The zero-order valence-electron chi connectivity index (χ0n) is 15.9. The lowest BCUT2D eigenvalue weighted by Crippen LogP contribution is -2.44. The van der Waals surface area contributed by atoms with Crippen LogP contribution in [0.1, 0.15) is 59.3 Å². The third kappa shape index (κ3) is 4.77. The Morgan fingerprint density at radius 1 is 1.21 bits per heavy atom. The number of hydrogen-bond acceptors (Lipinski definition) is 2. The second-order valence-corrected chi connectivity index (χ2v) is 8.32. The minimum absolute atomic E-state index is 0. The number of nitrogens with zero attached hydrogens (tertiary/aromatic N) is 3. The molecule has 140 valence electrons. The van der Waals surface area contributed by atoms with Crippen LogP contribution in [-0.2, 0) is 0 Å². The van der Waals surface area contributed by atoms with Gasteiger partial charge in [-0.25, -0.2) is 0 Å². The van der Waals surface area contributed by atoms with Gasteiger partial charge in [0.05, 0.1) is 0 Å². The van der Waals surface area contributed by atoms with E-state index >= 15 is 0 Å². The van der Waals surface area contributed by atoms with Crippen molar-refractivity contribution in [3.05, 3.63) is 0 Å². The van der Waals surface area contributed by atoms with Gasteiger partial charge in [-0.3, -0.25) is 4.99 Å². The third-order valence-corrected chi connectivity index (χ3v) is 6.27. The molecule has 0 aromatic rings. The Morgan fingerprint density at radius 3 is 2.58 bits per heavy atom. The van der Waals surface area contributed by atoms with Gasteiger partial charge in [0.2, 0.25) is 0 Å². The maximum Gasteiger partial charge on any atom is 0.193 e. The first-order valence-corrected chi connectivity index (χ1v) is 9.89. The number of nitrogens with one attached hydrogen (secondary N) is 1. The SMILES string of the molecule is CCNC(=NCC1CCCN(C(C)C)C1)N1CCC2(CCC2)C1.I. The molecule has 0 radical (unpaired) electrons. The lowest BCUT2D eigenvalue weighted by Gasteiger charge is -2.38. The highest BCUT2D eigenvalue weighted by atomic mass is 127. The van der Waals surface area contributed by atoms with E-state index in [4.69, 9.17) is 4.99 Å². The van der Waals surface area contributed by atoms with Crippen LogP contribution in [0.25, 0.3) is 0 Å². The Morgan fingerprint density at radius 2 is 2.00 bits per heavy atom. The largest absolute Gasteiger partial charge is 0.357 e. The normalized spacial score (nSPS) is 27.2. The summed E-state index contributed by atoms with van der Waals surface area (Å²) in [5, 5.41) is 3.55. The fourth-order valence-electron chi connectivity index (χ4n) is 4.56. The lowest BCUT2D eigenvalue weighted by molar-refractivity contribution is 0.142. The van der Waals surface area contributed by atoms with Gasteiger partial charge in [-0.2, -0.15) is 0 Å². The minimum atomic E-state index is 0. The van der Waals surface area contributed by atoms with Gasteiger partial charge >= 0.3 is 0 Å². The van der Waals surface area contributed by atoms with Gasteiger partial charge in [-0.1, -0.05) is 6.42 Å². The first-order valence-electron chi connectivity index (χ1n) is 9.89. The molecule has 0 aromatic carbocycles. The van der Waals surface area contributed by atoms with Gasteiger partial charge in [-0.05, 0) is 70.8 Å². The summed E-state index contributed by atoms with van der Waals surface area (Å²) in [7, 11) is 0. The molecule has 3 fully saturated rings. The fourth-order valence-corrected chi connectivity index (χ4v) is 4.56. The standard InChI is InChI=1S/C19H36N4.HI/c1-4-20-18(23-12-10-19(15-23)8-6-9-19)21-13-17-7-5-11-22(14-17)16(2)3;/h16-17H,4-15H2,1-3H3,(H,20,21);1H. The third-order valence-electron chi connectivity index (χ3n) is 6.27. The summed E-state index contributed by atoms with van der Waals surface area (Å²) in [6, 6.07) is 0.673. The molecule has 2 saturated heterocycles. The molecule has 5 heteroatoms. The summed E-state index contributed by atoms with van der Waals surface area (Å²) >= 11 is 0. The van der Waals surface area contributed by atoms with Crippen LogP contribution in [-0.4, -0.2) is 61.1 Å². The summed E-state index contributed by atoms with van der Waals surface area (Å²) in [5.41, 5.74) is 0.648. The van der Waals surface area contributed by atoms with Crippen LogP contribution < -0.4 is 5.32 Å². The highest BCUT2D eigenvalue weighted by Crippen LogP contribution is 2.47. The Bertz CT molecular complexity index is 420. The fraction of sp³-hybridized carbons (Fsp3) is 0.947. The predicted octanol–water partition coefficient (Wildman–Crippen LogP) is 3.57. The first-order chi connectivity index (χ1) is 11.1. The molecule has 1 saturated carbocycles. The monoisotopic (exact) mass is 448 g/mol. The van der Waals surface area contributed by atoms with Crippen LogP contribution in [0.5, 0.6) is 0 Å². The number of piperidine rings is 1. The molecule has 24 heavy (non-hydrogen) atoms. The minimum Gasteiger partial charge on any atom is -0.357 e. The molecule has 2 aliphatic heterocycles. The average molecular weight is 448 g/mol. The van der Waals surface area contributed by atoms with Gasteiger partial charge in [0.25, 0.3) is 0 Å². The van der Waals surface area contributed by atoms with E-state index in [-0.39, 0.29) is 24.0 Å². The molecule has 1 spiro atoms. The highest BCUT2D eigenvalue weighted by Gasteiger charge is 2.43. The molecule has 0 bridgehead atoms. The zero-order chi connectivity index (χ0) is 16.3. The van der Waals surface area contributed by atoms with E-state index in [1.165, 1.54) is 70.7 Å². The molecule has 1 unspecified atom stereocenters. The molecular formula is C19H37IN4. The molecule has 1 N–H and O–H groups in total. The number of halogens is 1. The number of guanidine groups is 1. The van der Waals surface area contributed by atoms with Gasteiger partial charge in [-0.15, -0.1) is 24.0 Å². The highest BCUT2D eigenvalue weighted by molar-refractivity contribution is 14.0. The van der Waals surface area contributed by atoms with Gasteiger partial charge in [0, 0.05) is 38.8 Å². The van der Waals surface area contributed by atoms with Crippen LogP contribution in [0.2, 0.25) is 0 Å². The van der Waals surface area contributed by atoms with Gasteiger partial charge in [0.1, 0.15) is 0 Å². The maximum absolute atomic E-state index is 5.04. The molecule has 2 heterocycles. The van der Waals surface area contributed by atoms with E-state index < -0.39 is 0 Å². The second-order valence-electron chi connectivity index (χ2n) is 8.32. The van der Waals surface area contributed by atoms with E-state index in [2.05, 4.69) is 35.9 Å². The smallest absolute Gasteiger partial charge is 0.193 e. The maximum atomic E-state index is 5.04. The summed E-state index contributed by atoms with van der Waals surface area (Å²) in [5.74, 6) is 1.91. The first kappa shape index (κ1) is 20.3. The number of rotatable bonds is 4. The van der Waals surface area contributed by atoms with E-state index in [9.17, 15) is 0 Å². The molecule has 3 aliphatic rings. The van der Waals surface area contributed by atoms with E-state index in [0.717, 1.165) is 19.0 Å². The van der Waals surface area contributed by atoms with Crippen molar-refractivity contribution < 1.29 is 0 Å². The van der Waals surface area contributed by atoms with Crippen molar-refractivity contribution in [3.63, 3.8) is 0 Å². The Kier molecular flexibility index (Phi) is 7.65. The summed E-state index contributed by atoms with van der Waals surface area (Å²) in [6.45, 7) is 13.7. The van der Waals surface area contributed by atoms with Crippen molar-refractivity contribution in [2.75, 3.05) is 39.3 Å². The summed E-state index contributed by atoms with van der Waals surface area (Å²) in [4.78, 5) is 10.2. The predicted molar refractivity (Wildman–Crippen MR) is 113 cm³/mol. The van der Waals surface area contributed by atoms with Crippen molar-refractivity contribution in [1.29, 1.82) is 0 Å². The van der Waals surface area contributed by atoms with Crippen molar-refractivity contribution in [2.45, 2.75) is 65.3 Å². The van der Waals surface area contributed by atoms with Gasteiger partial charge < -0.3 is 15.1 Å². The molecular weight excluding hydrogens is 411 g/mol. The molecule has 1 atom stereocenters. The van der Waals surface area contributed by atoms with Crippen molar-refractivity contribution in [2.24, 2.45) is 16.3 Å². The Balaban J connectivity index is 0.00000208. The van der Waals surface area contributed by atoms with Crippen LogP contribution in [0.4, 0.5) is 0 Å². The Labute approximate surface area is 165 Å². The molecule has 0 amide bonds. The molecule has 4 nitrogen and oxygen atoms in total. The van der Waals surface area contributed by atoms with E-state index in [1.54, 1.807) is 0 Å². The quantitative estimate of drug-likeness (QED) is 0.405. The molecule has 1 aliphatic carbocycles. The van der Waals surface area contributed by atoms with Gasteiger partial charge in [0.15, 0.2) is 5.96 Å². The summed E-state index contributed by atoms with van der Waals surface area (Å²) in [6.07, 6.45) is 8.37. The number of likely N-dealkylation sites (tertiary alicyclic amines) is 2. The summed E-state index contributed by atoms with van der Waals surface area (Å²) < 4.78 is 0. The van der Waals surface area contributed by atoms with Crippen molar-refractivity contribution >= 4 is 29.9 Å². The number of aliphatic imine (C=N–C) groups is 1. The average Bonchev–Trinajstić information content (AvgIpc) is 2.97. The molecule has 0 aromatic heterocycles. The van der Waals surface area contributed by atoms with Crippen molar-refractivity contribution in [1.82, 2.24) is 15.1 Å². The van der Waals surface area contributed by atoms with Crippen LogP contribution in [0.15, 0.2) is 4.99 Å². The van der Waals surface area contributed by atoms with E-state index in [0.29, 0.717) is 11.5 Å². The number of hydrogen-bond donors (Lipinski definition) is 1. The second kappa shape index (κ2) is 9.06. The Hall–Kier alpha value is -0.0400. The van der Waals surface area contributed by atoms with Crippen LogP contribution in [0.3, 0.4) is 0 Å². The van der Waals surface area contributed by atoms with Crippen LogP contribution in [0, 0.1) is 11.3 Å². The lowest BCUT2D eigenvalue weighted by atomic mass is 9.68. The van der Waals surface area contributed by atoms with Crippen LogP contribution >= 0.6 is 24.0 Å². The zero-order valence-corrected chi connectivity index (χ0v) is 18.2. The topological polar surface area (TPSA) is 30.9 Å². The molecule has 3 rings (SSSR count).